The first kappa shape index (κ1) is 12.4. The van der Waals surface area contributed by atoms with Crippen molar-refractivity contribution >= 4 is 11.0 Å². The Bertz CT molecular complexity index is 768. The molecule has 0 spiro atoms. The predicted octanol–water partition coefficient (Wildman–Crippen LogP) is 3.26. The van der Waals surface area contributed by atoms with E-state index in [-0.39, 0.29) is 5.92 Å². The van der Waals surface area contributed by atoms with Crippen LogP contribution in [0, 0.1) is 17.2 Å². The molecule has 3 aromatic rings. The van der Waals surface area contributed by atoms with E-state index < -0.39 is 0 Å². The van der Waals surface area contributed by atoms with Crippen LogP contribution in [0.1, 0.15) is 6.92 Å². The van der Waals surface area contributed by atoms with E-state index in [0.29, 0.717) is 6.54 Å². The van der Waals surface area contributed by atoms with Gasteiger partial charge in [0.15, 0.2) is 0 Å². The lowest BCUT2D eigenvalue weighted by Gasteiger charge is -2.10. The molecule has 1 atom stereocenters. The molecule has 4 heteroatoms. The van der Waals surface area contributed by atoms with E-state index in [4.69, 9.17) is 10.2 Å². The Labute approximate surface area is 117 Å². The average molecular weight is 262 g/mol. The number of rotatable bonds is 3. The quantitative estimate of drug-likeness (QED) is 0.728. The number of nitrogens with zero attached hydrogens (tertiary/aromatic N) is 4. The highest BCUT2D eigenvalue weighted by Crippen LogP contribution is 2.25. The Kier molecular flexibility index (Phi) is 3.18. The van der Waals surface area contributed by atoms with Crippen LogP contribution < -0.4 is 0 Å². The highest BCUT2D eigenvalue weighted by molar-refractivity contribution is 5.80. The molecule has 2 aromatic heterocycles. The molecule has 0 fully saturated rings. The van der Waals surface area contributed by atoms with Crippen molar-refractivity contribution in [1.82, 2.24) is 14.5 Å². The van der Waals surface area contributed by atoms with Gasteiger partial charge in [0.25, 0.3) is 0 Å². The van der Waals surface area contributed by atoms with Crippen LogP contribution in [0.5, 0.6) is 0 Å². The van der Waals surface area contributed by atoms with Crippen molar-refractivity contribution in [3.05, 3.63) is 48.8 Å². The minimum Gasteiger partial charge on any atom is -0.323 e. The summed E-state index contributed by atoms with van der Waals surface area (Å²) >= 11 is 0. The molecule has 0 aliphatic heterocycles. The second-order valence-corrected chi connectivity index (χ2v) is 4.80. The van der Waals surface area contributed by atoms with Gasteiger partial charge in [0, 0.05) is 24.5 Å². The van der Waals surface area contributed by atoms with Crippen molar-refractivity contribution in [1.29, 1.82) is 5.26 Å². The number of imidazole rings is 1. The number of para-hydroxylation sites is 2. The van der Waals surface area contributed by atoms with Crippen molar-refractivity contribution in [2.75, 3.05) is 0 Å². The maximum atomic E-state index is 9.07. The molecule has 0 amide bonds. The molecule has 4 nitrogen and oxygen atoms in total. The molecule has 0 saturated carbocycles. The Morgan fingerprint density at radius 3 is 2.70 bits per heavy atom. The molecule has 0 bridgehead atoms. The minimum atomic E-state index is -0.0619. The van der Waals surface area contributed by atoms with Crippen LogP contribution in [0.25, 0.3) is 22.4 Å². The first-order valence-corrected chi connectivity index (χ1v) is 6.55. The summed E-state index contributed by atoms with van der Waals surface area (Å²) < 4.78 is 2.11. The smallest absolute Gasteiger partial charge is 0.141 e. The Morgan fingerprint density at radius 1 is 1.20 bits per heavy atom. The van der Waals surface area contributed by atoms with Crippen molar-refractivity contribution in [3.63, 3.8) is 0 Å². The van der Waals surface area contributed by atoms with Gasteiger partial charge in [-0.15, -0.1) is 0 Å². The van der Waals surface area contributed by atoms with Crippen LogP contribution in [0.3, 0.4) is 0 Å². The Hall–Kier alpha value is -2.67. The third-order valence-corrected chi connectivity index (χ3v) is 3.27. The van der Waals surface area contributed by atoms with Crippen LogP contribution >= 0.6 is 0 Å². The first-order chi connectivity index (χ1) is 9.79. The van der Waals surface area contributed by atoms with E-state index >= 15 is 0 Å². The lowest BCUT2D eigenvalue weighted by atomic mass is 10.2. The summed E-state index contributed by atoms with van der Waals surface area (Å²) in [6.07, 6.45) is 3.51. The fourth-order valence-electron chi connectivity index (χ4n) is 2.30. The van der Waals surface area contributed by atoms with Gasteiger partial charge in [-0.25, -0.2) is 4.98 Å². The first-order valence-electron chi connectivity index (χ1n) is 6.55. The number of hydrogen-bond donors (Lipinski definition) is 0. The van der Waals surface area contributed by atoms with E-state index in [1.807, 2.05) is 43.3 Å². The van der Waals surface area contributed by atoms with Crippen LogP contribution in [-0.2, 0) is 6.54 Å². The molecule has 0 N–H and O–H groups in total. The van der Waals surface area contributed by atoms with Crippen molar-refractivity contribution in [2.24, 2.45) is 5.92 Å². The second kappa shape index (κ2) is 5.14. The molecule has 2 heterocycles. The third-order valence-electron chi connectivity index (χ3n) is 3.27. The number of pyridine rings is 1. The number of benzene rings is 1. The second-order valence-electron chi connectivity index (χ2n) is 4.80. The van der Waals surface area contributed by atoms with Gasteiger partial charge in [0.1, 0.15) is 5.82 Å². The van der Waals surface area contributed by atoms with Gasteiger partial charge in [0.2, 0.25) is 0 Å². The van der Waals surface area contributed by atoms with Gasteiger partial charge in [0.05, 0.1) is 23.0 Å². The highest BCUT2D eigenvalue weighted by atomic mass is 15.1. The minimum absolute atomic E-state index is 0.0619. The van der Waals surface area contributed by atoms with Crippen LogP contribution in [-0.4, -0.2) is 14.5 Å². The van der Waals surface area contributed by atoms with E-state index in [9.17, 15) is 0 Å². The van der Waals surface area contributed by atoms with Gasteiger partial charge in [-0.05, 0) is 31.2 Å². The molecular formula is C16H14N4. The Balaban J connectivity index is 2.20. The summed E-state index contributed by atoms with van der Waals surface area (Å²) in [5, 5.41) is 9.07. The molecule has 20 heavy (non-hydrogen) atoms. The van der Waals surface area contributed by atoms with Crippen molar-refractivity contribution in [2.45, 2.75) is 13.5 Å². The zero-order chi connectivity index (χ0) is 13.9. The lowest BCUT2D eigenvalue weighted by molar-refractivity contribution is 0.597. The summed E-state index contributed by atoms with van der Waals surface area (Å²) in [5.74, 6) is 0.823. The number of nitriles is 1. The monoisotopic (exact) mass is 262 g/mol. The summed E-state index contributed by atoms with van der Waals surface area (Å²) in [4.78, 5) is 8.74. The zero-order valence-electron chi connectivity index (χ0n) is 11.2. The largest absolute Gasteiger partial charge is 0.323 e. The number of fused-ring (bicyclic) bond motifs is 1. The van der Waals surface area contributed by atoms with E-state index in [0.717, 1.165) is 22.4 Å². The molecule has 3 rings (SSSR count). The molecule has 0 saturated heterocycles. The molecule has 0 aliphatic rings. The standard InChI is InChI=1S/C16H14N4/c1-12(10-17)11-20-15-5-3-2-4-14(15)19-16(20)13-6-8-18-9-7-13/h2-9,12H,11H2,1H3. The zero-order valence-corrected chi connectivity index (χ0v) is 11.2. The van der Waals surface area contributed by atoms with E-state index in [2.05, 4.69) is 15.6 Å². The van der Waals surface area contributed by atoms with E-state index in [1.54, 1.807) is 12.4 Å². The number of aromatic nitrogens is 3. The molecular weight excluding hydrogens is 248 g/mol. The average Bonchev–Trinajstić information content (AvgIpc) is 2.87. The SMILES string of the molecule is CC(C#N)Cn1c(-c2ccncc2)nc2ccccc21. The lowest BCUT2D eigenvalue weighted by Crippen LogP contribution is -2.07. The maximum Gasteiger partial charge on any atom is 0.141 e. The number of hydrogen-bond acceptors (Lipinski definition) is 3. The van der Waals surface area contributed by atoms with Gasteiger partial charge >= 0.3 is 0 Å². The normalized spacial score (nSPS) is 12.2. The van der Waals surface area contributed by atoms with Gasteiger partial charge in [-0.1, -0.05) is 12.1 Å². The van der Waals surface area contributed by atoms with Crippen molar-refractivity contribution < 1.29 is 0 Å². The van der Waals surface area contributed by atoms with E-state index in [1.165, 1.54) is 0 Å². The molecule has 98 valence electrons. The van der Waals surface area contributed by atoms with Gasteiger partial charge in [-0.3, -0.25) is 4.98 Å². The van der Waals surface area contributed by atoms with Gasteiger partial charge < -0.3 is 4.57 Å². The predicted molar refractivity (Wildman–Crippen MR) is 77.7 cm³/mol. The van der Waals surface area contributed by atoms with Crippen molar-refractivity contribution in [3.8, 4) is 17.5 Å². The summed E-state index contributed by atoms with van der Waals surface area (Å²) in [5.41, 5.74) is 3.02. The van der Waals surface area contributed by atoms with Crippen LogP contribution in [0.2, 0.25) is 0 Å². The maximum absolute atomic E-state index is 9.07. The third kappa shape index (κ3) is 2.14. The molecule has 0 radical (unpaired) electrons. The summed E-state index contributed by atoms with van der Waals surface area (Å²) in [7, 11) is 0. The van der Waals surface area contributed by atoms with Crippen LogP contribution in [0.15, 0.2) is 48.8 Å². The summed E-state index contributed by atoms with van der Waals surface area (Å²) in [6.45, 7) is 2.56. The highest BCUT2D eigenvalue weighted by Gasteiger charge is 2.14. The Morgan fingerprint density at radius 2 is 1.95 bits per heavy atom. The molecule has 1 unspecified atom stereocenters. The topological polar surface area (TPSA) is 54.5 Å². The molecule has 0 aliphatic carbocycles. The fourth-order valence-corrected chi connectivity index (χ4v) is 2.30. The van der Waals surface area contributed by atoms with Gasteiger partial charge in [-0.2, -0.15) is 5.26 Å². The molecule has 1 aromatic carbocycles. The fraction of sp³-hybridized carbons (Fsp3) is 0.188. The summed E-state index contributed by atoms with van der Waals surface area (Å²) in [6, 6.07) is 14.2. The van der Waals surface area contributed by atoms with Crippen LogP contribution in [0.4, 0.5) is 0 Å².